The Morgan fingerprint density at radius 3 is 2.81 bits per heavy atom. The van der Waals surface area contributed by atoms with Crippen LogP contribution in [0.3, 0.4) is 0 Å². The molecule has 0 saturated heterocycles. The van der Waals surface area contributed by atoms with Crippen LogP contribution >= 0.6 is 23.2 Å². The van der Waals surface area contributed by atoms with Crippen molar-refractivity contribution < 1.29 is 4.79 Å². The number of hydrogen-bond acceptors (Lipinski definition) is 2. The molecule has 1 heterocycles. The monoisotopic (exact) mass is 320 g/mol. The lowest BCUT2D eigenvalue weighted by Gasteiger charge is -2.04. The zero-order valence-corrected chi connectivity index (χ0v) is 12.9. The van der Waals surface area contributed by atoms with Gasteiger partial charge in [0, 0.05) is 12.3 Å². The number of carbonyl (C=O) groups is 1. The number of amides is 1. The first kappa shape index (κ1) is 15.5. The standard InChI is InChI=1S/C16H14Cl2N2O/c1-11-3-2-8-19-15(11)10-20-16(21)7-5-12-4-6-13(17)14(18)9-12/h2-9H,10H2,1H3,(H,20,21)/b7-5+. The predicted octanol–water partition coefficient (Wildman–Crippen LogP) is 4.03. The minimum Gasteiger partial charge on any atom is -0.347 e. The fourth-order valence-electron chi connectivity index (χ4n) is 1.72. The van der Waals surface area contributed by atoms with Gasteiger partial charge in [-0.3, -0.25) is 9.78 Å². The largest absolute Gasteiger partial charge is 0.347 e. The van der Waals surface area contributed by atoms with Crippen LogP contribution < -0.4 is 5.32 Å². The third-order valence-corrected chi connectivity index (χ3v) is 3.66. The number of carbonyl (C=O) groups excluding carboxylic acids is 1. The van der Waals surface area contributed by atoms with E-state index in [1.807, 2.05) is 19.1 Å². The molecule has 21 heavy (non-hydrogen) atoms. The van der Waals surface area contributed by atoms with Crippen LogP contribution in [0.4, 0.5) is 0 Å². The highest BCUT2D eigenvalue weighted by Gasteiger charge is 2.01. The molecule has 2 rings (SSSR count). The Kier molecular flexibility index (Phi) is 5.37. The van der Waals surface area contributed by atoms with Gasteiger partial charge in [-0.25, -0.2) is 0 Å². The first-order valence-electron chi connectivity index (χ1n) is 6.38. The molecule has 1 aromatic carbocycles. The summed E-state index contributed by atoms with van der Waals surface area (Å²) in [5.74, 6) is -0.189. The Morgan fingerprint density at radius 1 is 1.29 bits per heavy atom. The Labute approximate surface area is 133 Å². The maximum atomic E-state index is 11.8. The molecule has 0 aliphatic rings. The molecule has 108 valence electrons. The lowest BCUT2D eigenvalue weighted by atomic mass is 10.2. The van der Waals surface area contributed by atoms with Gasteiger partial charge in [-0.1, -0.05) is 35.3 Å². The van der Waals surface area contributed by atoms with E-state index in [1.54, 1.807) is 30.5 Å². The third kappa shape index (κ3) is 4.59. The summed E-state index contributed by atoms with van der Waals surface area (Å²) in [5, 5.41) is 3.74. The normalized spacial score (nSPS) is 10.8. The number of benzene rings is 1. The zero-order chi connectivity index (χ0) is 15.2. The van der Waals surface area contributed by atoms with Gasteiger partial charge < -0.3 is 5.32 Å². The molecular formula is C16H14Cl2N2O. The molecule has 5 heteroatoms. The first-order valence-corrected chi connectivity index (χ1v) is 7.13. The zero-order valence-electron chi connectivity index (χ0n) is 11.4. The Bertz CT molecular complexity index is 684. The molecule has 0 bridgehead atoms. The summed E-state index contributed by atoms with van der Waals surface area (Å²) in [4.78, 5) is 16.0. The van der Waals surface area contributed by atoms with E-state index in [0.717, 1.165) is 16.8 Å². The van der Waals surface area contributed by atoms with Crippen LogP contribution in [0.25, 0.3) is 6.08 Å². The highest BCUT2D eigenvalue weighted by atomic mass is 35.5. The Balaban J connectivity index is 1.94. The molecule has 1 aromatic heterocycles. The third-order valence-electron chi connectivity index (χ3n) is 2.92. The van der Waals surface area contributed by atoms with Gasteiger partial charge in [-0.15, -0.1) is 0 Å². The Morgan fingerprint density at radius 2 is 2.10 bits per heavy atom. The molecule has 1 amide bonds. The summed E-state index contributed by atoms with van der Waals surface area (Å²) in [5.41, 5.74) is 2.72. The molecule has 0 aliphatic heterocycles. The predicted molar refractivity (Wildman–Crippen MR) is 86.3 cm³/mol. The number of hydrogen-bond donors (Lipinski definition) is 1. The van der Waals surface area contributed by atoms with Crippen molar-refractivity contribution in [3.05, 3.63) is 69.5 Å². The number of pyridine rings is 1. The van der Waals surface area contributed by atoms with Crippen LogP contribution in [0, 0.1) is 6.92 Å². The van der Waals surface area contributed by atoms with Gasteiger partial charge in [0.25, 0.3) is 0 Å². The number of halogens is 2. The van der Waals surface area contributed by atoms with Gasteiger partial charge in [-0.05, 0) is 42.3 Å². The van der Waals surface area contributed by atoms with Gasteiger partial charge in [0.15, 0.2) is 0 Å². The van der Waals surface area contributed by atoms with Crippen molar-refractivity contribution in [1.29, 1.82) is 0 Å². The van der Waals surface area contributed by atoms with Crippen molar-refractivity contribution in [1.82, 2.24) is 10.3 Å². The minimum absolute atomic E-state index is 0.189. The van der Waals surface area contributed by atoms with E-state index in [4.69, 9.17) is 23.2 Å². The molecule has 0 radical (unpaired) electrons. The molecule has 0 unspecified atom stereocenters. The van der Waals surface area contributed by atoms with Gasteiger partial charge in [0.1, 0.15) is 0 Å². The number of aryl methyl sites for hydroxylation is 1. The van der Waals surface area contributed by atoms with Gasteiger partial charge in [0.05, 0.1) is 22.3 Å². The molecular weight excluding hydrogens is 307 g/mol. The minimum atomic E-state index is -0.189. The van der Waals surface area contributed by atoms with E-state index in [2.05, 4.69) is 10.3 Å². The molecule has 2 aromatic rings. The molecule has 3 nitrogen and oxygen atoms in total. The number of aromatic nitrogens is 1. The molecule has 0 saturated carbocycles. The van der Waals surface area contributed by atoms with Crippen LogP contribution in [-0.2, 0) is 11.3 Å². The Hall–Kier alpha value is -1.84. The van der Waals surface area contributed by atoms with E-state index >= 15 is 0 Å². The fraction of sp³-hybridized carbons (Fsp3) is 0.125. The summed E-state index contributed by atoms with van der Waals surface area (Å²) in [7, 11) is 0. The van der Waals surface area contributed by atoms with Crippen molar-refractivity contribution >= 4 is 35.2 Å². The lowest BCUT2D eigenvalue weighted by molar-refractivity contribution is -0.116. The fourth-order valence-corrected chi connectivity index (χ4v) is 2.03. The maximum Gasteiger partial charge on any atom is 0.244 e. The van der Waals surface area contributed by atoms with E-state index in [0.29, 0.717) is 16.6 Å². The van der Waals surface area contributed by atoms with E-state index in [1.165, 1.54) is 6.08 Å². The quantitative estimate of drug-likeness (QED) is 0.864. The van der Waals surface area contributed by atoms with Crippen LogP contribution in [0.1, 0.15) is 16.8 Å². The molecule has 0 atom stereocenters. The highest BCUT2D eigenvalue weighted by molar-refractivity contribution is 6.42. The smallest absolute Gasteiger partial charge is 0.244 e. The second kappa shape index (κ2) is 7.25. The second-order valence-corrected chi connectivity index (χ2v) is 5.31. The topological polar surface area (TPSA) is 42.0 Å². The summed E-state index contributed by atoms with van der Waals surface area (Å²) < 4.78 is 0. The lowest BCUT2D eigenvalue weighted by Crippen LogP contribution is -2.21. The SMILES string of the molecule is Cc1cccnc1CNC(=O)/C=C/c1ccc(Cl)c(Cl)c1. The second-order valence-electron chi connectivity index (χ2n) is 4.49. The van der Waals surface area contributed by atoms with Crippen molar-refractivity contribution in [2.24, 2.45) is 0 Å². The first-order chi connectivity index (χ1) is 10.1. The van der Waals surface area contributed by atoms with Crippen LogP contribution in [0.15, 0.2) is 42.6 Å². The maximum absolute atomic E-state index is 11.8. The summed E-state index contributed by atoms with van der Waals surface area (Å²) in [6.45, 7) is 2.36. The average molecular weight is 321 g/mol. The number of nitrogens with one attached hydrogen (secondary N) is 1. The molecule has 0 aliphatic carbocycles. The van der Waals surface area contributed by atoms with Gasteiger partial charge in [-0.2, -0.15) is 0 Å². The van der Waals surface area contributed by atoms with E-state index in [9.17, 15) is 4.79 Å². The average Bonchev–Trinajstić information content (AvgIpc) is 2.47. The van der Waals surface area contributed by atoms with Gasteiger partial charge in [0.2, 0.25) is 5.91 Å². The van der Waals surface area contributed by atoms with E-state index < -0.39 is 0 Å². The summed E-state index contributed by atoms with van der Waals surface area (Å²) >= 11 is 11.7. The summed E-state index contributed by atoms with van der Waals surface area (Å²) in [6, 6.07) is 9.01. The number of nitrogens with zero attached hydrogens (tertiary/aromatic N) is 1. The van der Waals surface area contributed by atoms with Crippen molar-refractivity contribution in [2.45, 2.75) is 13.5 Å². The van der Waals surface area contributed by atoms with Crippen molar-refractivity contribution in [3.63, 3.8) is 0 Å². The number of rotatable bonds is 4. The van der Waals surface area contributed by atoms with Crippen LogP contribution in [-0.4, -0.2) is 10.9 Å². The van der Waals surface area contributed by atoms with Crippen molar-refractivity contribution in [3.8, 4) is 0 Å². The van der Waals surface area contributed by atoms with Gasteiger partial charge >= 0.3 is 0 Å². The van der Waals surface area contributed by atoms with Crippen molar-refractivity contribution in [2.75, 3.05) is 0 Å². The molecule has 1 N–H and O–H groups in total. The molecule has 0 fully saturated rings. The van der Waals surface area contributed by atoms with Crippen LogP contribution in [0.5, 0.6) is 0 Å². The van der Waals surface area contributed by atoms with Crippen LogP contribution in [0.2, 0.25) is 10.0 Å². The highest BCUT2D eigenvalue weighted by Crippen LogP contribution is 2.23. The summed E-state index contributed by atoms with van der Waals surface area (Å²) in [6.07, 6.45) is 4.85. The van der Waals surface area contributed by atoms with E-state index in [-0.39, 0.29) is 5.91 Å². The molecule has 0 spiro atoms.